The van der Waals surface area contributed by atoms with Crippen molar-refractivity contribution < 1.29 is 27.1 Å². The van der Waals surface area contributed by atoms with Crippen molar-refractivity contribution in [3.8, 4) is 5.75 Å². The second-order valence-corrected chi connectivity index (χ2v) is 12.2. The lowest BCUT2D eigenvalue weighted by molar-refractivity contribution is 0.0949. The standard InChI is InChI=1S/C28H26FN5O5S/c1-16-7-24-27(31-11-16)34(5-6-39-24)26-4-3-18-12-30-20(10-23(18)33-26)13-32-28(35)19-8-22(29)21-15-38-14-17(2)40(36,37)25(21)9-19/h3-4,7-12,17H,5-6,13-15H2,1-2H3,(H,32,35)/t17-/m0/s1. The second kappa shape index (κ2) is 10.1. The number of aromatic nitrogens is 3. The smallest absolute Gasteiger partial charge is 0.251 e. The number of rotatable bonds is 4. The van der Waals surface area contributed by atoms with Crippen molar-refractivity contribution in [3.63, 3.8) is 0 Å². The fourth-order valence-corrected chi connectivity index (χ4v) is 6.26. The van der Waals surface area contributed by atoms with E-state index in [-0.39, 0.29) is 35.8 Å². The molecule has 5 heterocycles. The van der Waals surface area contributed by atoms with Gasteiger partial charge in [-0.05, 0) is 55.8 Å². The zero-order valence-electron chi connectivity index (χ0n) is 21.8. The maximum absolute atomic E-state index is 14.8. The van der Waals surface area contributed by atoms with Gasteiger partial charge in [-0.3, -0.25) is 9.78 Å². The molecule has 0 fully saturated rings. The lowest BCUT2D eigenvalue weighted by atomic mass is 10.1. The number of hydrogen-bond acceptors (Lipinski definition) is 9. The first-order valence-electron chi connectivity index (χ1n) is 12.8. The van der Waals surface area contributed by atoms with E-state index in [1.807, 2.05) is 30.0 Å². The van der Waals surface area contributed by atoms with Crippen LogP contribution in [0.1, 0.15) is 34.1 Å². The Morgan fingerprint density at radius 2 is 2.02 bits per heavy atom. The van der Waals surface area contributed by atoms with E-state index in [1.165, 1.54) is 13.0 Å². The fraction of sp³-hybridized carbons (Fsp3) is 0.286. The number of carbonyl (C=O) groups excluding carboxylic acids is 1. The number of aryl methyl sites for hydroxylation is 1. The predicted molar refractivity (Wildman–Crippen MR) is 145 cm³/mol. The molecule has 0 saturated carbocycles. The molecule has 6 rings (SSSR count). The molecular formula is C28H26FN5O5S. The SMILES string of the molecule is Cc1cnc2c(c1)OCCN2c1ccc2cnc(CNC(=O)c3cc(F)c4c(c3)S(=O)(=O)[C@@H](C)COC4)cc2n1. The molecule has 40 heavy (non-hydrogen) atoms. The zero-order chi connectivity index (χ0) is 28.0. The van der Waals surface area contributed by atoms with Gasteiger partial charge in [-0.25, -0.2) is 22.8 Å². The van der Waals surface area contributed by atoms with E-state index in [1.54, 1.807) is 18.5 Å². The molecule has 0 bridgehead atoms. The van der Waals surface area contributed by atoms with Gasteiger partial charge in [0.2, 0.25) is 0 Å². The molecule has 206 valence electrons. The third kappa shape index (κ3) is 4.73. The number of carbonyl (C=O) groups is 1. The number of ether oxygens (including phenoxy) is 2. The van der Waals surface area contributed by atoms with Crippen LogP contribution in [0.4, 0.5) is 16.0 Å². The summed E-state index contributed by atoms with van der Waals surface area (Å²) in [6.07, 6.45) is 3.45. The molecule has 1 atom stereocenters. The number of hydrogen-bond donors (Lipinski definition) is 1. The Balaban J connectivity index is 1.24. The molecule has 1 amide bonds. The summed E-state index contributed by atoms with van der Waals surface area (Å²) in [6.45, 7) is 4.36. The Labute approximate surface area is 230 Å². The number of halogens is 1. The van der Waals surface area contributed by atoms with Crippen molar-refractivity contribution in [2.75, 3.05) is 24.7 Å². The Kier molecular flexibility index (Phi) is 6.59. The van der Waals surface area contributed by atoms with Gasteiger partial charge in [-0.15, -0.1) is 0 Å². The van der Waals surface area contributed by atoms with Gasteiger partial charge in [0.05, 0.1) is 47.7 Å². The van der Waals surface area contributed by atoms with Crippen LogP contribution in [0.5, 0.6) is 5.75 Å². The summed E-state index contributed by atoms with van der Waals surface area (Å²) in [4.78, 5) is 28.5. The van der Waals surface area contributed by atoms with Crippen LogP contribution in [-0.2, 0) is 27.7 Å². The first kappa shape index (κ1) is 26.1. The van der Waals surface area contributed by atoms with E-state index >= 15 is 0 Å². The molecule has 3 aromatic heterocycles. The van der Waals surface area contributed by atoms with Gasteiger partial charge in [0.15, 0.2) is 21.4 Å². The third-order valence-corrected chi connectivity index (χ3v) is 9.14. The molecule has 0 unspecified atom stereocenters. The molecule has 2 aliphatic rings. The summed E-state index contributed by atoms with van der Waals surface area (Å²) >= 11 is 0. The van der Waals surface area contributed by atoms with E-state index in [4.69, 9.17) is 14.5 Å². The quantitative estimate of drug-likeness (QED) is 0.396. The minimum absolute atomic E-state index is 0.0346. The highest BCUT2D eigenvalue weighted by atomic mass is 32.2. The number of nitrogens with zero attached hydrogens (tertiary/aromatic N) is 4. The average molecular weight is 564 g/mol. The largest absolute Gasteiger partial charge is 0.488 e. The third-order valence-electron chi connectivity index (χ3n) is 6.97. The van der Waals surface area contributed by atoms with Gasteiger partial charge >= 0.3 is 0 Å². The van der Waals surface area contributed by atoms with Gasteiger partial charge < -0.3 is 19.7 Å². The van der Waals surface area contributed by atoms with Crippen LogP contribution in [0.2, 0.25) is 0 Å². The van der Waals surface area contributed by atoms with Crippen molar-refractivity contribution in [3.05, 3.63) is 77.0 Å². The highest BCUT2D eigenvalue weighted by Gasteiger charge is 2.32. The maximum atomic E-state index is 14.8. The molecule has 0 saturated heterocycles. The first-order valence-corrected chi connectivity index (χ1v) is 14.3. The van der Waals surface area contributed by atoms with Crippen LogP contribution in [-0.4, -0.2) is 54.3 Å². The van der Waals surface area contributed by atoms with Crippen LogP contribution in [0.3, 0.4) is 0 Å². The molecule has 10 nitrogen and oxygen atoms in total. The number of anilines is 2. The predicted octanol–water partition coefficient (Wildman–Crippen LogP) is 3.63. The molecule has 12 heteroatoms. The number of fused-ring (bicyclic) bond motifs is 3. The van der Waals surface area contributed by atoms with E-state index in [0.29, 0.717) is 41.7 Å². The lowest BCUT2D eigenvalue weighted by Crippen LogP contribution is -2.30. The average Bonchev–Trinajstić information content (AvgIpc) is 3.06. The van der Waals surface area contributed by atoms with Crippen molar-refractivity contribution in [2.24, 2.45) is 0 Å². The van der Waals surface area contributed by atoms with Crippen molar-refractivity contribution in [1.82, 2.24) is 20.3 Å². The van der Waals surface area contributed by atoms with Crippen LogP contribution in [0.15, 0.2) is 53.7 Å². The topological polar surface area (TPSA) is 124 Å². The van der Waals surface area contributed by atoms with E-state index in [9.17, 15) is 17.6 Å². The number of benzene rings is 1. The van der Waals surface area contributed by atoms with Crippen molar-refractivity contribution in [1.29, 1.82) is 0 Å². The number of sulfone groups is 1. The van der Waals surface area contributed by atoms with E-state index in [2.05, 4.69) is 15.3 Å². The number of amides is 1. The highest BCUT2D eigenvalue weighted by Crippen LogP contribution is 2.35. The zero-order valence-corrected chi connectivity index (χ0v) is 22.7. The Morgan fingerprint density at radius 3 is 2.88 bits per heavy atom. The second-order valence-electron chi connectivity index (χ2n) is 9.86. The van der Waals surface area contributed by atoms with Crippen molar-refractivity contribution in [2.45, 2.75) is 37.1 Å². The summed E-state index contributed by atoms with van der Waals surface area (Å²) < 4.78 is 51.6. The van der Waals surface area contributed by atoms with E-state index in [0.717, 1.165) is 17.0 Å². The summed E-state index contributed by atoms with van der Waals surface area (Å²) in [5.41, 5.74) is 2.05. The minimum atomic E-state index is -3.84. The minimum Gasteiger partial charge on any atom is -0.488 e. The monoisotopic (exact) mass is 563 g/mol. The summed E-state index contributed by atoms with van der Waals surface area (Å²) in [7, 11) is -3.84. The summed E-state index contributed by atoms with van der Waals surface area (Å²) in [5.74, 6) is 0.686. The molecule has 0 aliphatic carbocycles. The molecule has 0 radical (unpaired) electrons. The van der Waals surface area contributed by atoms with Gasteiger partial charge in [0.25, 0.3) is 5.91 Å². The normalized spacial score (nSPS) is 17.9. The Bertz CT molecular complexity index is 1760. The number of pyridine rings is 3. The molecule has 0 spiro atoms. The van der Waals surface area contributed by atoms with Crippen LogP contribution in [0.25, 0.3) is 10.9 Å². The Morgan fingerprint density at radius 1 is 1.18 bits per heavy atom. The molecule has 1 aromatic carbocycles. The summed E-state index contributed by atoms with van der Waals surface area (Å²) in [5, 5.41) is 2.67. The maximum Gasteiger partial charge on any atom is 0.251 e. The van der Waals surface area contributed by atoms with Crippen LogP contribution in [0, 0.1) is 12.7 Å². The molecule has 4 aromatic rings. The van der Waals surface area contributed by atoms with Gasteiger partial charge in [-0.2, -0.15) is 0 Å². The Hall–Kier alpha value is -4.16. The van der Waals surface area contributed by atoms with Gasteiger partial charge in [0, 0.05) is 28.9 Å². The highest BCUT2D eigenvalue weighted by molar-refractivity contribution is 7.92. The van der Waals surface area contributed by atoms with Crippen molar-refractivity contribution >= 4 is 38.3 Å². The summed E-state index contributed by atoms with van der Waals surface area (Å²) in [6, 6.07) is 9.77. The van der Waals surface area contributed by atoms with Crippen LogP contribution < -0.4 is 15.0 Å². The van der Waals surface area contributed by atoms with Gasteiger partial charge in [0.1, 0.15) is 18.2 Å². The molecular weight excluding hydrogens is 537 g/mol. The van der Waals surface area contributed by atoms with E-state index < -0.39 is 26.8 Å². The van der Waals surface area contributed by atoms with Gasteiger partial charge in [-0.1, -0.05) is 0 Å². The van der Waals surface area contributed by atoms with Crippen LogP contribution >= 0.6 is 0 Å². The molecule has 1 N–H and O–H groups in total. The number of nitrogens with one attached hydrogen (secondary N) is 1. The molecule has 2 aliphatic heterocycles. The lowest BCUT2D eigenvalue weighted by Gasteiger charge is -2.29. The fourth-order valence-electron chi connectivity index (χ4n) is 4.76. The first-order chi connectivity index (χ1) is 19.2.